The predicted molar refractivity (Wildman–Crippen MR) is 173 cm³/mol. The summed E-state index contributed by atoms with van der Waals surface area (Å²) in [5.41, 5.74) is 0. The summed E-state index contributed by atoms with van der Waals surface area (Å²) in [6.07, 6.45) is 12.6. The van der Waals surface area contributed by atoms with Crippen LogP contribution in [-0.4, -0.2) is 74.5 Å². The minimum Gasteiger partial charge on any atom is -0.466 e. The molecule has 44 heavy (non-hydrogen) atoms. The summed E-state index contributed by atoms with van der Waals surface area (Å²) in [6.45, 7) is 5.74. The number of hydrogen-bond donors (Lipinski definition) is 2. The number of thiol groups is 1. The van der Waals surface area contributed by atoms with E-state index in [0.29, 0.717) is 58.3 Å². The van der Waals surface area contributed by atoms with E-state index in [-0.39, 0.29) is 77.4 Å². The summed E-state index contributed by atoms with van der Waals surface area (Å²) < 4.78 is 20.3. The third-order valence-corrected chi connectivity index (χ3v) is 6.70. The number of carbonyl (C=O) groups is 6. The number of esters is 3. The van der Waals surface area contributed by atoms with E-state index in [1.165, 1.54) is 0 Å². The normalized spacial score (nSPS) is 11.9. The van der Waals surface area contributed by atoms with Gasteiger partial charge in [-0.25, -0.2) is 0 Å². The number of rotatable bonds is 21. The van der Waals surface area contributed by atoms with E-state index < -0.39 is 0 Å². The van der Waals surface area contributed by atoms with Gasteiger partial charge >= 0.3 is 17.9 Å². The molecule has 0 aromatic rings. The molecule has 0 aliphatic carbocycles. The van der Waals surface area contributed by atoms with Crippen LogP contribution in [0.15, 0.2) is 0 Å². The topological polar surface area (TPSA) is 150 Å². The number of aliphatic hydroxyl groups excluding tert-OH is 1. The Morgan fingerprint density at radius 3 is 1.48 bits per heavy atom. The fraction of sp³-hybridized carbons (Fsp3) is 0.800. The Labute approximate surface area is 300 Å². The molecule has 1 aliphatic heterocycles. The SMILES string of the molecule is CCCCOC(=O)CCCCCO.CCCCOC(=O)CCCCCOC(=O)CCCC(=O)S.O=C1CCCC(=O)S1.[2H][B].[U]. The minimum atomic E-state index is -0.288. The molecule has 0 atom stereocenters. The molecule has 10 nitrogen and oxygen atoms in total. The van der Waals surface area contributed by atoms with Crippen LogP contribution in [0, 0.1) is 31.1 Å². The predicted octanol–water partition coefficient (Wildman–Crippen LogP) is 5.25. The van der Waals surface area contributed by atoms with Crippen LogP contribution in [0.2, 0.25) is 0 Å². The van der Waals surface area contributed by atoms with Crippen molar-refractivity contribution in [2.24, 2.45) is 0 Å². The van der Waals surface area contributed by atoms with Gasteiger partial charge in [-0.15, -0.1) is 12.6 Å². The van der Waals surface area contributed by atoms with Crippen LogP contribution in [0.1, 0.15) is 129 Å². The average Bonchev–Trinajstić information content (AvgIpc) is 2.99. The van der Waals surface area contributed by atoms with Gasteiger partial charge in [0.1, 0.15) is 0 Å². The maximum absolute atomic E-state index is 11.3. The molecule has 0 amide bonds. The summed E-state index contributed by atoms with van der Waals surface area (Å²) in [6, 6.07) is 0. The fourth-order valence-corrected chi connectivity index (χ4v) is 4.06. The standard InChI is InChI=1S/C15H26O5S.C10H20O3.C5H6O2S.BH.U/c1-2-3-11-19-13(16)8-5-4-6-12-20-14(17)9-7-10-15(18)21;1-2-3-9-13-10(12)7-5-4-6-8-11;6-4-2-1-3-5(7)8-4;;/h2-12H2,1H3,(H,18,21);11H,2-9H2,1H3;1-3H2;1H;/i;;;1D;. The molecule has 2 radical (unpaired) electrons. The zero-order valence-electron chi connectivity index (χ0n) is 27.6. The molecule has 252 valence electrons. The first-order valence-corrected chi connectivity index (χ1v) is 16.5. The second kappa shape index (κ2) is 38.4. The van der Waals surface area contributed by atoms with Crippen molar-refractivity contribution in [1.82, 2.24) is 0 Å². The van der Waals surface area contributed by atoms with Crippen LogP contribution in [-0.2, 0) is 43.0 Å². The van der Waals surface area contributed by atoms with Gasteiger partial charge in [-0.1, -0.05) is 33.1 Å². The molecule has 0 aromatic carbocycles. The van der Waals surface area contributed by atoms with Crippen molar-refractivity contribution in [3.05, 3.63) is 0 Å². The molecule has 14 heteroatoms. The Hall–Kier alpha value is -0.803. The van der Waals surface area contributed by atoms with Gasteiger partial charge in [0.15, 0.2) is 15.3 Å². The molecule has 0 aromatic heterocycles. The Balaban J connectivity index is -0.000000297. The number of aliphatic hydroxyl groups is 1. The van der Waals surface area contributed by atoms with Crippen LogP contribution in [0.3, 0.4) is 0 Å². The number of hydrogen-bond acceptors (Lipinski definition) is 11. The first-order valence-electron chi connectivity index (χ1n) is 15.8. The number of ether oxygens (including phenoxy) is 3. The van der Waals surface area contributed by atoms with Gasteiger partial charge in [-0.2, -0.15) is 0 Å². The Kier molecular flexibility index (Phi) is 41.5. The van der Waals surface area contributed by atoms with Gasteiger partial charge in [-0.3, -0.25) is 28.8 Å². The van der Waals surface area contributed by atoms with Crippen LogP contribution in [0.25, 0.3) is 0 Å². The van der Waals surface area contributed by atoms with Crippen molar-refractivity contribution in [2.45, 2.75) is 129 Å². The van der Waals surface area contributed by atoms with E-state index in [9.17, 15) is 28.8 Å². The van der Waals surface area contributed by atoms with Crippen molar-refractivity contribution < 1.29 is 79.2 Å². The second-order valence-electron chi connectivity index (χ2n) is 9.66. The molecular formula is C30H53BO10S2U. The van der Waals surface area contributed by atoms with Gasteiger partial charge in [0.2, 0.25) is 0 Å². The quantitative estimate of drug-likeness (QED) is 0.0512. The smallest absolute Gasteiger partial charge is 0.305 e. The molecule has 1 rings (SSSR count). The molecule has 1 N–H and O–H groups in total. The maximum atomic E-state index is 11.3. The molecule has 1 heterocycles. The zero-order chi connectivity index (χ0) is 33.8. The van der Waals surface area contributed by atoms with Crippen molar-refractivity contribution in [3.8, 4) is 0 Å². The summed E-state index contributed by atoms with van der Waals surface area (Å²) >= 11 is 4.49. The molecule has 0 unspecified atom stereocenters. The van der Waals surface area contributed by atoms with Gasteiger partial charge in [0.25, 0.3) is 0 Å². The van der Waals surface area contributed by atoms with E-state index in [2.05, 4.69) is 27.9 Å². The molecule has 0 bridgehead atoms. The van der Waals surface area contributed by atoms with Gasteiger partial charge < -0.3 is 19.3 Å². The summed E-state index contributed by atoms with van der Waals surface area (Å²) in [5, 5.41) is 8.33. The van der Waals surface area contributed by atoms with Crippen molar-refractivity contribution >= 4 is 66.0 Å². The number of carbonyl (C=O) groups excluding carboxylic acids is 6. The van der Waals surface area contributed by atoms with Crippen LogP contribution in [0.5, 0.6) is 0 Å². The molecule has 1 saturated heterocycles. The number of thioether (sulfide) groups is 1. The molecule has 0 saturated carbocycles. The summed E-state index contributed by atoms with van der Waals surface area (Å²) in [7, 11) is 3.75. The Morgan fingerprint density at radius 2 is 1.11 bits per heavy atom. The molecule has 1 fully saturated rings. The molecule has 1 aliphatic rings. The average molecular weight is 888 g/mol. The largest absolute Gasteiger partial charge is 0.466 e. The van der Waals surface area contributed by atoms with Crippen molar-refractivity contribution in [3.63, 3.8) is 0 Å². The van der Waals surface area contributed by atoms with Gasteiger partial charge in [-0.05, 0) is 70.9 Å². The number of unbranched alkanes of at least 4 members (excludes halogenated alkanes) is 6. The molecule has 0 spiro atoms. The monoisotopic (exact) mass is 887 g/mol. The molecular weight excluding hydrogens is 833 g/mol. The van der Waals surface area contributed by atoms with Crippen LogP contribution in [0.4, 0.5) is 0 Å². The third kappa shape index (κ3) is 41.2. The fourth-order valence-electron chi connectivity index (χ4n) is 3.16. The third-order valence-electron chi connectivity index (χ3n) is 5.61. The first-order chi connectivity index (χ1) is 21.2. The Bertz CT molecular complexity index is 765. The minimum absolute atomic E-state index is 0. The van der Waals surface area contributed by atoms with Crippen molar-refractivity contribution in [2.75, 3.05) is 26.4 Å². The van der Waals surface area contributed by atoms with E-state index >= 15 is 0 Å². The summed E-state index contributed by atoms with van der Waals surface area (Å²) in [5.74, 6) is -0.549. The maximum Gasteiger partial charge on any atom is 0.305 e. The van der Waals surface area contributed by atoms with Crippen LogP contribution >= 0.6 is 24.4 Å². The van der Waals surface area contributed by atoms with E-state index in [1.54, 1.807) is 0 Å². The van der Waals surface area contributed by atoms with Gasteiger partial charge in [0, 0.05) is 84.6 Å². The summed E-state index contributed by atoms with van der Waals surface area (Å²) in [4.78, 5) is 65.0. The van der Waals surface area contributed by atoms with E-state index in [1.807, 2.05) is 6.92 Å². The first kappa shape index (κ1) is 47.6. The van der Waals surface area contributed by atoms with Gasteiger partial charge in [0.05, 0.1) is 19.8 Å². The Morgan fingerprint density at radius 1 is 0.705 bits per heavy atom. The van der Waals surface area contributed by atoms with Crippen LogP contribution < -0.4 is 0 Å². The van der Waals surface area contributed by atoms with E-state index in [4.69, 9.17) is 20.7 Å². The second-order valence-corrected chi connectivity index (χ2v) is 11.3. The zero-order valence-corrected chi connectivity index (χ0v) is 32.5. The van der Waals surface area contributed by atoms with Crippen molar-refractivity contribution in [1.29, 1.82) is 1.34 Å². The van der Waals surface area contributed by atoms with E-state index in [0.717, 1.165) is 82.4 Å².